The highest BCUT2D eigenvalue weighted by Crippen LogP contribution is 2.22. The normalized spacial score (nSPS) is 21.7. The predicted molar refractivity (Wildman–Crippen MR) is 67.9 cm³/mol. The fraction of sp³-hybridized carbons (Fsp3) is 0.545. The van der Waals surface area contributed by atoms with Crippen LogP contribution >= 0.6 is 0 Å². The Morgan fingerprint density at radius 1 is 1.56 bits per heavy atom. The Bertz CT molecular complexity index is 518. The number of rotatable bonds is 2. The van der Waals surface area contributed by atoms with Crippen molar-refractivity contribution in [2.24, 2.45) is 5.14 Å². The topological polar surface area (TPSA) is 85.5 Å². The van der Waals surface area contributed by atoms with Crippen LogP contribution in [0.1, 0.15) is 13.3 Å². The molecule has 18 heavy (non-hydrogen) atoms. The average molecular weight is 271 g/mol. The standard InChI is InChI=1S/C11H17N3O3S/c1-9-8-14(6-3-7-17-9)11-10(18(12,15)16)4-2-5-13-11/h2,4-5,9H,3,6-8H2,1H3,(H2,12,15,16). The van der Waals surface area contributed by atoms with Gasteiger partial charge in [0.25, 0.3) is 0 Å². The van der Waals surface area contributed by atoms with Crippen LogP contribution < -0.4 is 10.0 Å². The van der Waals surface area contributed by atoms with E-state index in [2.05, 4.69) is 4.98 Å². The molecule has 1 aliphatic heterocycles. The van der Waals surface area contributed by atoms with Crippen molar-refractivity contribution in [2.75, 3.05) is 24.6 Å². The van der Waals surface area contributed by atoms with Gasteiger partial charge < -0.3 is 9.64 Å². The molecule has 100 valence electrons. The van der Waals surface area contributed by atoms with Gasteiger partial charge in [0, 0.05) is 25.9 Å². The Morgan fingerprint density at radius 3 is 3.06 bits per heavy atom. The van der Waals surface area contributed by atoms with Gasteiger partial charge in [0.1, 0.15) is 10.7 Å². The van der Waals surface area contributed by atoms with Crippen LogP contribution in [0.25, 0.3) is 0 Å². The average Bonchev–Trinajstić information content (AvgIpc) is 2.53. The van der Waals surface area contributed by atoms with Crippen molar-refractivity contribution >= 4 is 15.8 Å². The van der Waals surface area contributed by atoms with E-state index >= 15 is 0 Å². The smallest absolute Gasteiger partial charge is 0.241 e. The van der Waals surface area contributed by atoms with Gasteiger partial charge in [-0.05, 0) is 25.5 Å². The van der Waals surface area contributed by atoms with Crippen molar-refractivity contribution in [3.05, 3.63) is 18.3 Å². The third kappa shape index (κ3) is 2.98. The van der Waals surface area contributed by atoms with E-state index in [1.165, 1.54) is 6.07 Å². The van der Waals surface area contributed by atoms with Gasteiger partial charge in [0.15, 0.2) is 0 Å². The number of nitrogens with two attached hydrogens (primary N) is 1. The zero-order valence-corrected chi connectivity index (χ0v) is 11.1. The van der Waals surface area contributed by atoms with Gasteiger partial charge in [-0.25, -0.2) is 18.5 Å². The SMILES string of the molecule is CC1CN(c2ncccc2S(N)(=O)=O)CCCO1. The van der Waals surface area contributed by atoms with Crippen LogP contribution in [0.2, 0.25) is 0 Å². The van der Waals surface area contributed by atoms with Crippen LogP contribution in [0.3, 0.4) is 0 Å². The van der Waals surface area contributed by atoms with Gasteiger partial charge in [-0.1, -0.05) is 0 Å². The monoisotopic (exact) mass is 271 g/mol. The molecule has 0 amide bonds. The summed E-state index contributed by atoms with van der Waals surface area (Å²) in [6.45, 7) is 3.95. The molecule has 2 rings (SSSR count). The zero-order chi connectivity index (χ0) is 13.2. The zero-order valence-electron chi connectivity index (χ0n) is 10.2. The Balaban J connectivity index is 2.38. The second kappa shape index (κ2) is 5.21. The quantitative estimate of drug-likeness (QED) is 0.838. The van der Waals surface area contributed by atoms with E-state index in [1.54, 1.807) is 12.3 Å². The summed E-state index contributed by atoms with van der Waals surface area (Å²) in [6, 6.07) is 3.05. The molecule has 1 saturated heterocycles. The molecule has 0 spiro atoms. The third-order valence-electron chi connectivity index (χ3n) is 2.81. The second-order valence-electron chi connectivity index (χ2n) is 4.35. The summed E-state index contributed by atoms with van der Waals surface area (Å²) < 4.78 is 28.6. The minimum Gasteiger partial charge on any atom is -0.377 e. The largest absolute Gasteiger partial charge is 0.377 e. The number of hydrogen-bond acceptors (Lipinski definition) is 5. The lowest BCUT2D eigenvalue weighted by atomic mass is 10.3. The molecule has 0 saturated carbocycles. The molecule has 2 N–H and O–H groups in total. The van der Waals surface area contributed by atoms with E-state index in [0.717, 1.165) is 6.42 Å². The van der Waals surface area contributed by atoms with Crippen molar-refractivity contribution < 1.29 is 13.2 Å². The van der Waals surface area contributed by atoms with Crippen molar-refractivity contribution in [1.82, 2.24) is 4.98 Å². The van der Waals surface area contributed by atoms with Crippen LogP contribution in [0.5, 0.6) is 0 Å². The van der Waals surface area contributed by atoms with E-state index in [4.69, 9.17) is 9.88 Å². The molecular formula is C11H17N3O3S. The highest BCUT2D eigenvalue weighted by molar-refractivity contribution is 7.89. The second-order valence-corrected chi connectivity index (χ2v) is 5.88. The molecule has 1 aromatic heterocycles. The molecule has 0 aliphatic carbocycles. The first-order chi connectivity index (χ1) is 8.48. The molecule has 2 heterocycles. The molecule has 1 atom stereocenters. The van der Waals surface area contributed by atoms with E-state index in [9.17, 15) is 8.42 Å². The number of aromatic nitrogens is 1. The predicted octanol–water partition coefficient (Wildman–Crippen LogP) is 0.344. The maximum atomic E-state index is 11.5. The van der Waals surface area contributed by atoms with Gasteiger partial charge >= 0.3 is 0 Å². The van der Waals surface area contributed by atoms with Crippen molar-refractivity contribution in [3.63, 3.8) is 0 Å². The lowest BCUT2D eigenvalue weighted by molar-refractivity contribution is 0.0820. The number of sulfonamides is 1. The summed E-state index contributed by atoms with van der Waals surface area (Å²) >= 11 is 0. The molecule has 0 radical (unpaired) electrons. The number of ether oxygens (including phenoxy) is 1. The van der Waals surface area contributed by atoms with Crippen LogP contribution in [-0.2, 0) is 14.8 Å². The number of pyridine rings is 1. The van der Waals surface area contributed by atoms with Gasteiger partial charge in [-0.2, -0.15) is 0 Å². The van der Waals surface area contributed by atoms with Crippen LogP contribution in [0.4, 0.5) is 5.82 Å². The van der Waals surface area contributed by atoms with Crippen molar-refractivity contribution in [1.29, 1.82) is 0 Å². The van der Waals surface area contributed by atoms with Gasteiger partial charge in [0.2, 0.25) is 10.0 Å². The van der Waals surface area contributed by atoms with Crippen LogP contribution in [0.15, 0.2) is 23.2 Å². The number of nitrogens with zero attached hydrogens (tertiary/aromatic N) is 2. The summed E-state index contributed by atoms with van der Waals surface area (Å²) in [7, 11) is -3.76. The lowest BCUT2D eigenvalue weighted by Crippen LogP contribution is -2.32. The lowest BCUT2D eigenvalue weighted by Gasteiger charge is -2.24. The first kappa shape index (κ1) is 13.3. The maximum Gasteiger partial charge on any atom is 0.241 e. The highest BCUT2D eigenvalue weighted by atomic mass is 32.2. The number of hydrogen-bond donors (Lipinski definition) is 1. The number of primary sulfonamides is 1. The first-order valence-electron chi connectivity index (χ1n) is 5.83. The minimum atomic E-state index is -3.76. The Kier molecular flexibility index (Phi) is 3.84. The molecular weight excluding hydrogens is 254 g/mol. The van der Waals surface area contributed by atoms with E-state index < -0.39 is 10.0 Å². The minimum absolute atomic E-state index is 0.0443. The molecule has 7 heteroatoms. The Hall–Kier alpha value is -1.18. The molecule has 1 aliphatic rings. The molecule has 1 aromatic rings. The number of anilines is 1. The molecule has 1 fully saturated rings. The van der Waals surface area contributed by atoms with Gasteiger partial charge in [-0.15, -0.1) is 0 Å². The summed E-state index contributed by atoms with van der Waals surface area (Å²) in [5, 5.41) is 5.21. The molecule has 1 unspecified atom stereocenters. The fourth-order valence-corrected chi connectivity index (χ4v) is 2.73. The third-order valence-corrected chi connectivity index (χ3v) is 3.74. The fourth-order valence-electron chi connectivity index (χ4n) is 2.03. The van der Waals surface area contributed by atoms with Crippen LogP contribution in [-0.4, -0.2) is 39.2 Å². The summed E-state index contributed by atoms with van der Waals surface area (Å²) in [5.74, 6) is 0.414. The Morgan fingerprint density at radius 2 is 2.33 bits per heavy atom. The first-order valence-corrected chi connectivity index (χ1v) is 7.37. The summed E-state index contributed by atoms with van der Waals surface area (Å²) in [4.78, 5) is 6.14. The van der Waals surface area contributed by atoms with E-state index in [-0.39, 0.29) is 11.0 Å². The Labute approximate surface area is 107 Å². The maximum absolute atomic E-state index is 11.5. The van der Waals surface area contributed by atoms with Crippen molar-refractivity contribution in [2.45, 2.75) is 24.3 Å². The van der Waals surface area contributed by atoms with E-state index in [1.807, 2.05) is 11.8 Å². The highest BCUT2D eigenvalue weighted by Gasteiger charge is 2.22. The molecule has 0 bridgehead atoms. The van der Waals surface area contributed by atoms with Gasteiger partial charge in [0.05, 0.1) is 6.10 Å². The molecule has 0 aromatic carbocycles. The summed E-state index contributed by atoms with van der Waals surface area (Å²) in [6.07, 6.45) is 2.45. The van der Waals surface area contributed by atoms with E-state index in [0.29, 0.717) is 25.5 Å². The van der Waals surface area contributed by atoms with Crippen LogP contribution in [0, 0.1) is 0 Å². The summed E-state index contributed by atoms with van der Waals surface area (Å²) in [5.41, 5.74) is 0. The van der Waals surface area contributed by atoms with Gasteiger partial charge in [-0.3, -0.25) is 0 Å². The van der Waals surface area contributed by atoms with Crippen molar-refractivity contribution in [3.8, 4) is 0 Å². The molecule has 6 nitrogen and oxygen atoms in total.